The van der Waals surface area contributed by atoms with Gasteiger partial charge in [0.2, 0.25) is 0 Å². The third-order valence-corrected chi connectivity index (χ3v) is 3.23. The number of aromatic nitrogens is 1. The summed E-state index contributed by atoms with van der Waals surface area (Å²) in [6.45, 7) is 1.65. The number of aromatic amines is 1. The molecular weight excluding hydrogens is 269 g/mol. The van der Waals surface area contributed by atoms with Gasteiger partial charge in [-0.15, -0.1) is 0 Å². The monoisotopic (exact) mass is 283 g/mol. The highest BCUT2D eigenvalue weighted by atomic mass is 19.1. The Morgan fingerprint density at radius 1 is 1.05 bits per heavy atom. The van der Waals surface area contributed by atoms with Gasteiger partial charge in [-0.25, -0.2) is 9.18 Å². The van der Waals surface area contributed by atoms with Crippen LogP contribution in [0.15, 0.2) is 48.7 Å². The van der Waals surface area contributed by atoms with Crippen molar-refractivity contribution in [1.29, 1.82) is 0 Å². The van der Waals surface area contributed by atoms with E-state index < -0.39 is 0 Å². The van der Waals surface area contributed by atoms with Gasteiger partial charge in [0.15, 0.2) is 0 Å². The van der Waals surface area contributed by atoms with Gasteiger partial charge in [0, 0.05) is 28.5 Å². The Kier molecular flexibility index (Phi) is 3.31. The fourth-order valence-electron chi connectivity index (χ4n) is 2.15. The van der Waals surface area contributed by atoms with Crippen molar-refractivity contribution in [2.45, 2.75) is 6.92 Å². The minimum absolute atomic E-state index is 0.293. The fourth-order valence-corrected chi connectivity index (χ4v) is 2.15. The fraction of sp³-hybridized carbons (Fsp3) is 0.0625. The van der Waals surface area contributed by atoms with Gasteiger partial charge in [-0.3, -0.25) is 0 Å². The summed E-state index contributed by atoms with van der Waals surface area (Å²) in [6, 6.07) is 11.6. The maximum atomic E-state index is 13.2. The molecule has 1 aromatic heterocycles. The number of benzene rings is 2. The second-order valence-electron chi connectivity index (χ2n) is 4.82. The van der Waals surface area contributed by atoms with Crippen molar-refractivity contribution in [3.8, 4) is 0 Å². The van der Waals surface area contributed by atoms with E-state index in [9.17, 15) is 9.18 Å². The van der Waals surface area contributed by atoms with Crippen LogP contribution in [-0.2, 0) is 0 Å². The molecule has 0 aliphatic heterocycles. The van der Waals surface area contributed by atoms with E-state index in [1.54, 1.807) is 13.0 Å². The van der Waals surface area contributed by atoms with Gasteiger partial charge in [0.1, 0.15) is 5.82 Å². The molecule has 0 spiro atoms. The largest absolute Gasteiger partial charge is 0.361 e. The van der Waals surface area contributed by atoms with E-state index in [1.165, 1.54) is 12.1 Å². The highest BCUT2D eigenvalue weighted by molar-refractivity contribution is 6.01. The van der Waals surface area contributed by atoms with Crippen LogP contribution < -0.4 is 10.6 Å². The molecule has 0 aliphatic rings. The van der Waals surface area contributed by atoms with Gasteiger partial charge in [0.25, 0.3) is 0 Å². The molecule has 0 aliphatic carbocycles. The lowest BCUT2D eigenvalue weighted by molar-refractivity contribution is 0.262. The molecule has 4 nitrogen and oxygen atoms in total. The first-order chi connectivity index (χ1) is 10.1. The summed E-state index contributed by atoms with van der Waals surface area (Å²) in [6.07, 6.45) is 1.84. The summed E-state index contributed by atoms with van der Waals surface area (Å²) < 4.78 is 13.2. The molecular formula is C16H14FN3O. The molecule has 0 bridgehead atoms. The number of hydrogen-bond donors (Lipinski definition) is 3. The van der Waals surface area contributed by atoms with Crippen LogP contribution in [0.2, 0.25) is 0 Å². The van der Waals surface area contributed by atoms with Crippen LogP contribution in [0.25, 0.3) is 10.9 Å². The molecule has 3 aromatic rings. The molecule has 21 heavy (non-hydrogen) atoms. The van der Waals surface area contributed by atoms with Gasteiger partial charge in [-0.05, 0) is 55.0 Å². The number of aryl methyl sites for hydroxylation is 1. The standard InChI is InChI=1S/C16H14FN3O/c1-10-8-12(2-4-14(10)17)19-16(21)20-13-3-5-15-11(9-13)6-7-18-15/h2-9,18H,1H3,(H2,19,20,21). The minimum Gasteiger partial charge on any atom is -0.361 e. The maximum Gasteiger partial charge on any atom is 0.323 e. The molecule has 0 radical (unpaired) electrons. The smallest absolute Gasteiger partial charge is 0.323 e. The number of urea groups is 1. The lowest BCUT2D eigenvalue weighted by Gasteiger charge is -2.08. The van der Waals surface area contributed by atoms with Crippen LogP contribution in [0.3, 0.4) is 0 Å². The number of fused-ring (bicyclic) bond motifs is 1. The van der Waals surface area contributed by atoms with Gasteiger partial charge in [-0.1, -0.05) is 0 Å². The van der Waals surface area contributed by atoms with Crippen LogP contribution in [-0.4, -0.2) is 11.0 Å². The minimum atomic E-state index is -0.365. The Balaban J connectivity index is 1.71. The molecule has 0 atom stereocenters. The summed E-state index contributed by atoms with van der Waals surface area (Å²) in [5.41, 5.74) is 2.74. The third kappa shape index (κ3) is 2.86. The van der Waals surface area contributed by atoms with Crippen molar-refractivity contribution >= 4 is 28.3 Å². The average molecular weight is 283 g/mol. The third-order valence-electron chi connectivity index (χ3n) is 3.23. The molecule has 2 aromatic carbocycles. The molecule has 106 valence electrons. The first kappa shape index (κ1) is 13.2. The Morgan fingerprint density at radius 3 is 2.52 bits per heavy atom. The summed E-state index contributed by atoms with van der Waals surface area (Å²) in [4.78, 5) is 15.0. The maximum absolute atomic E-state index is 13.2. The van der Waals surface area contributed by atoms with Crippen molar-refractivity contribution in [2.24, 2.45) is 0 Å². The Morgan fingerprint density at radius 2 is 1.76 bits per heavy atom. The number of anilines is 2. The number of nitrogens with one attached hydrogen (secondary N) is 3. The summed E-state index contributed by atoms with van der Waals surface area (Å²) in [5.74, 6) is -0.293. The zero-order valence-corrected chi connectivity index (χ0v) is 11.4. The van der Waals surface area contributed by atoms with E-state index in [-0.39, 0.29) is 11.8 Å². The molecule has 0 saturated heterocycles. The highest BCUT2D eigenvalue weighted by Crippen LogP contribution is 2.18. The Hall–Kier alpha value is -2.82. The first-order valence-electron chi connectivity index (χ1n) is 6.53. The first-order valence-corrected chi connectivity index (χ1v) is 6.53. The van der Waals surface area contributed by atoms with Crippen LogP contribution in [0, 0.1) is 12.7 Å². The predicted octanol–water partition coefficient (Wildman–Crippen LogP) is 4.26. The second kappa shape index (κ2) is 5.28. The quantitative estimate of drug-likeness (QED) is 0.646. The van der Waals surface area contributed by atoms with E-state index in [0.29, 0.717) is 16.9 Å². The molecule has 3 rings (SSSR count). The van der Waals surface area contributed by atoms with E-state index in [2.05, 4.69) is 15.6 Å². The normalized spacial score (nSPS) is 10.6. The average Bonchev–Trinajstić information content (AvgIpc) is 2.90. The second-order valence-corrected chi connectivity index (χ2v) is 4.82. The van der Waals surface area contributed by atoms with Gasteiger partial charge in [-0.2, -0.15) is 0 Å². The number of halogens is 1. The lowest BCUT2D eigenvalue weighted by Crippen LogP contribution is -2.19. The van der Waals surface area contributed by atoms with Crippen LogP contribution in [0.4, 0.5) is 20.6 Å². The molecule has 0 saturated carbocycles. The zero-order valence-electron chi connectivity index (χ0n) is 11.4. The molecule has 3 N–H and O–H groups in total. The van der Waals surface area contributed by atoms with Crippen molar-refractivity contribution in [1.82, 2.24) is 4.98 Å². The molecule has 0 fully saturated rings. The van der Waals surface area contributed by atoms with E-state index >= 15 is 0 Å². The topological polar surface area (TPSA) is 56.9 Å². The van der Waals surface area contributed by atoms with Crippen LogP contribution in [0.5, 0.6) is 0 Å². The van der Waals surface area contributed by atoms with Crippen LogP contribution >= 0.6 is 0 Å². The zero-order chi connectivity index (χ0) is 14.8. The summed E-state index contributed by atoms with van der Waals surface area (Å²) >= 11 is 0. The predicted molar refractivity (Wildman–Crippen MR) is 82.1 cm³/mol. The van der Waals surface area contributed by atoms with E-state index in [4.69, 9.17) is 0 Å². The number of H-pyrrole nitrogens is 1. The molecule has 2 amide bonds. The van der Waals surface area contributed by atoms with Crippen molar-refractivity contribution in [3.63, 3.8) is 0 Å². The highest BCUT2D eigenvalue weighted by Gasteiger charge is 2.05. The Labute approximate surface area is 121 Å². The van der Waals surface area contributed by atoms with Crippen molar-refractivity contribution in [2.75, 3.05) is 10.6 Å². The van der Waals surface area contributed by atoms with Crippen molar-refractivity contribution in [3.05, 3.63) is 60.0 Å². The molecule has 0 unspecified atom stereocenters. The van der Waals surface area contributed by atoms with E-state index in [1.807, 2.05) is 30.5 Å². The number of carbonyl (C=O) groups is 1. The van der Waals surface area contributed by atoms with Gasteiger partial charge >= 0.3 is 6.03 Å². The number of hydrogen-bond acceptors (Lipinski definition) is 1. The SMILES string of the molecule is Cc1cc(NC(=O)Nc2ccc3[nH]ccc3c2)ccc1F. The van der Waals surface area contributed by atoms with E-state index in [0.717, 1.165) is 10.9 Å². The molecule has 1 heterocycles. The summed E-state index contributed by atoms with van der Waals surface area (Å²) in [7, 11) is 0. The Bertz CT molecular complexity index is 810. The number of rotatable bonds is 2. The molecule has 5 heteroatoms. The van der Waals surface area contributed by atoms with Gasteiger partial charge < -0.3 is 15.6 Å². The number of carbonyl (C=O) groups excluding carboxylic acids is 1. The van der Waals surface area contributed by atoms with Crippen LogP contribution in [0.1, 0.15) is 5.56 Å². The number of amides is 2. The van der Waals surface area contributed by atoms with Gasteiger partial charge in [0.05, 0.1) is 0 Å². The van der Waals surface area contributed by atoms with Crippen molar-refractivity contribution < 1.29 is 9.18 Å². The summed E-state index contributed by atoms with van der Waals surface area (Å²) in [5, 5.41) is 6.44. The lowest BCUT2D eigenvalue weighted by atomic mass is 10.2.